The van der Waals surface area contributed by atoms with Crippen molar-refractivity contribution < 1.29 is 19.0 Å². The van der Waals surface area contributed by atoms with E-state index >= 15 is 0 Å². The van der Waals surface area contributed by atoms with E-state index in [-0.39, 0.29) is 17.6 Å². The van der Waals surface area contributed by atoms with Gasteiger partial charge in [0.2, 0.25) is 0 Å². The summed E-state index contributed by atoms with van der Waals surface area (Å²) in [6.45, 7) is 6.73. The van der Waals surface area contributed by atoms with Gasteiger partial charge < -0.3 is 9.84 Å². The third kappa shape index (κ3) is 6.80. The molecule has 30 heavy (non-hydrogen) atoms. The molecule has 0 aliphatic heterocycles. The van der Waals surface area contributed by atoms with Crippen molar-refractivity contribution in [3.8, 4) is 5.75 Å². The highest BCUT2D eigenvalue weighted by Gasteiger charge is 2.29. The van der Waals surface area contributed by atoms with Gasteiger partial charge in [-0.15, -0.1) is 0 Å². The van der Waals surface area contributed by atoms with Crippen LogP contribution in [0.3, 0.4) is 0 Å². The van der Waals surface area contributed by atoms with Crippen LogP contribution in [-0.2, 0) is 0 Å². The summed E-state index contributed by atoms with van der Waals surface area (Å²) in [6.07, 6.45) is 4.76. The van der Waals surface area contributed by atoms with Crippen LogP contribution in [0, 0.1) is 18.2 Å². The fourth-order valence-corrected chi connectivity index (χ4v) is 3.45. The second-order valence-electron chi connectivity index (χ2n) is 8.43. The number of ether oxygens (including phenoxy) is 1. The zero-order valence-corrected chi connectivity index (χ0v) is 18.4. The SMILES string of the molecule is COc1ccc(C(=O)N(CC(C)(C)CCCCCCO)c2cccc(C)n2)c(F)c1. The molecule has 6 heteroatoms. The maximum Gasteiger partial charge on any atom is 0.262 e. The number of halogens is 1. The van der Waals surface area contributed by atoms with Crippen LogP contribution in [0.1, 0.15) is 62.0 Å². The number of methoxy groups -OCH3 is 1. The van der Waals surface area contributed by atoms with Crippen LogP contribution < -0.4 is 9.64 Å². The maximum atomic E-state index is 14.6. The van der Waals surface area contributed by atoms with E-state index in [0.29, 0.717) is 18.1 Å². The number of amides is 1. The van der Waals surface area contributed by atoms with Crippen LogP contribution in [-0.4, -0.2) is 36.3 Å². The summed E-state index contributed by atoms with van der Waals surface area (Å²) in [6, 6.07) is 9.77. The zero-order chi connectivity index (χ0) is 22.1. The molecule has 0 bridgehead atoms. The average molecular weight is 417 g/mol. The number of aliphatic hydroxyl groups excluding tert-OH is 1. The summed E-state index contributed by atoms with van der Waals surface area (Å²) in [5.74, 6) is -0.142. The number of benzene rings is 1. The number of rotatable bonds is 11. The van der Waals surface area contributed by atoms with E-state index < -0.39 is 11.7 Å². The molecule has 0 atom stereocenters. The van der Waals surface area contributed by atoms with E-state index in [2.05, 4.69) is 18.8 Å². The molecule has 0 unspecified atom stereocenters. The van der Waals surface area contributed by atoms with Crippen molar-refractivity contribution in [1.82, 2.24) is 4.98 Å². The number of aryl methyl sites for hydroxylation is 1. The summed E-state index contributed by atoms with van der Waals surface area (Å²) in [5.41, 5.74) is 0.614. The molecular weight excluding hydrogens is 383 g/mol. The molecule has 0 fully saturated rings. The number of carbonyl (C=O) groups is 1. The molecule has 2 rings (SSSR count). The molecule has 0 radical (unpaired) electrons. The van der Waals surface area contributed by atoms with Crippen LogP contribution in [0.25, 0.3) is 0 Å². The van der Waals surface area contributed by atoms with Crippen molar-refractivity contribution in [3.05, 3.63) is 53.5 Å². The molecule has 0 aliphatic rings. The predicted octanol–water partition coefficient (Wildman–Crippen LogP) is 5.15. The summed E-state index contributed by atoms with van der Waals surface area (Å²) >= 11 is 0. The number of hydrogen-bond acceptors (Lipinski definition) is 4. The van der Waals surface area contributed by atoms with Gasteiger partial charge in [0.05, 0.1) is 12.7 Å². The lowest BCUT2D eigenvalue weighted by atomic mass is 9.86. The van der Waals surface area contributed by atoms with Crippen molar-refractivity contribution in [2.45, 2.75) is 52.9 Å². The monoisotopic (exact) mass is 416 g/mol. The van der Waals surface area contributed by atoms with E-state index in [4.69, 9.17) is 9.84 Å². The van der Waals surface area contributed by atoms with Gasteiger partial charge in [0.25, 0.3) is 5.91 Å². The lowest BCUT2D eigenvalue weighted by Crippen LogP contribution is -2.40. The molecular formula is C24H33FN2O3. The minimum Gasteiger partial charge on any atom is -0.497 e. The molecule has 0 saturated carbocycles. The third-order valence-electron chi connectivity index (χ3n) is 5.15. The number of pyridine rings is 1. The minimum atomic E-state index is -0.612. The summed E-state index contributed by atoms with van der Waals surface area (Å²) in [4.78, 5) is 19.4. The van der Waals surface area contributed by atoms with E-state index in [1.54, 1.807) is 17.0 Å². The lowest BCUT2D eigenvalue weighted by Gasteiger charge is -2.32. The van der Waals surface area contributed by atoms with Gasteiger partial charge in [0.1, 0.15) is 17.4 Å². The molecule has 1 heterocycles. The molecule has 0 spiro atoms. The van der Waals surface area contributed by atoms with Gasteiger partial charge in [-0.25, -0.2) is 9.37 Å². The first kappa shape index (κ1) is 23.8. The second kappa shape index (κ2) is 11.1. The van der Waals surface area contributed by atoms with E-state index in [9.17, 15) is 9.18 Å². The van der Waals surface area contributed by atoms with Crippen LogP contribution in [0.2, 0.25) is 0 Å². The highest BCUT2D eigenvalue weighted by molar-refractivity contribution is 6.05. The number of aliphatic hydroxyl groups is 1. The lowest BCUT2D eigenvalue weighted by molar-refractivity contribution is 0.0969. The number of nitrogens with zero attached hydrogens (tertiary/aromatic N) is 2. The van der Waals surface area contributed by atoms with Crippen molar-refractivity contribution in [3.63, 3.8) is 0 Å². The Hall–Kier alpha value is -2.47. The van der Waals surface area contributed by atoms with Gasteiger partial charge in [0.15, 0.2) is 0 Å². The minimum absolute atomic E-state index is 0.00199. The van der Waals surface area contributed by atoms with Gasteiger partial charge >= 0.3 is 0 Å². The topological polar surface area (TPSA) is 62.7 Å². The Bertz CT molecular complexity index is 839. The first-order valence-electron chi connectivity index (χ1n) is 10.5. The Kier molecular flexibility index (Phi) is 8.78. The van der Waals surface area contributed by atoms with E-state index in [0.717, 1.165) is 37.8 Å². The Morgan fingerprint density at radius 1 is 1.17 bits per heavy atom. The average Bonchev–Trinajstić information content (AvgIpc) is 2.71. The molecule has 2 aromatic rings. The largest absolute Gasteiger partial charge is 0.497 e. The fraction of sp³-hybridized carbons (Fsp3) is 0.500. The van der Waals surface area contributed by atoms with Gasteiger partial charge in [-0.2, -0.15) is 0 Å². The van der Waals surface area contributed by atoms with Gasteiger partial charge in [-0.3, -0.25) is 9.69 Å². The van der Waals surface area contributed by atoms with Crippen LogP contribution in [0.5, 0.6) is 5.75 Å². The van der Waals surface area contributed by atoms with Crippen molar-refractivity contribution in [2.24, 2.45) is 5.41 Å². The first-order chi connectivity index (χ1) is 14.3. The van der Waals surface area contributed by atoms with Crippen molar-refractivity contribution in [2.75, 3.05) is 25.2 Å². The maximum absolute atomic E-state index is 14.6. The molecule has 5 nitrogen and oxygen atoms in total. The number of anilines is 1. The molecule has 0 aliphatic carbocycles. The zero-order valence-electron chi connectivity index (χ0n) is 18.4. The molecule has 1 aromatic carbocycles. The van der Waals surface area contributed by atoms with E-state index in [1.807, 2.05) is 19.1 Å². The molecule has 164 valence electrons. The first-order valence-corrected chi connectivity index (χ1v) is 10.5. The number of aromatic nitrogens is 1. The normalized spacial score (nSPS) is 11.4. The van der Waals surface area contributed by atoms with Gasteiger partial charge in [0, 0.05) is 24.9 Å². The summed E-state index contributed by atoms with van der Waals surface area (Å²) in [5, 5.41) is 8.93. The van der Waals surface area contributed by atoms with Crippen molar-refractivity contribution in [1.29, 1.82) is 0 Å². The molecule has 1 N–H and O–H groups in total. The Balaban J connectivity index is 2.26. The summed E-state index contributed by atoms with van der Waals surface area (Å²) < 4.78 is 19.7. The molecule has 1 amide bonds. The quantitative estimate of drug-likeness (QED) is 0.514. The van der Waals surface area contributed by atoms with Crippen molar-refractivity contribution >= 4 is 11.7 Å². The molecule has 1 aromatic heterocycles. The number of hydrogen-bond donors (Lipinski definition) is 1. The van der Waals surface area contributed by atoms with Crippen LogP contribution in [0.4, 0.5) is 10.2 Å². The van der Waals surface area contributed by atoms with Gasteiger partial charge in [-0.05, 0) is 49.4 Å². The standard InChI is InChI=1S/C24H33FN2O3/c1-18-10-9-11-22(26-18)27(17-24(2,3)14-7-5-6-8-15-28)23(29)20-13-12-19(30-4)16-21(20)25/h9-13,16,28H,5-8,14-15,17H2,1-4H3. The molecule has 0 saturated heterocycles. The Morgan fingerprint density at radius 3 is 2.53 bits per heavy atom. The van der Waals surface area contributed by atoms with Crippen LogP contribution in [0.15, 0.2) is 36.4 Å². The Labute approximate surface area is 178 Å². The number of carbonyl (C=O) groups excluding carboxylic acids is 1. The predicted molar refractivity (Wildman–Crippen MR) is 118 cm³/mol. The highest BCUT2D eigenvalue weighted by atomic mass is 19.1. The Morgan fingerprint density at radius 2 is 1.90 bits per heavy atom. The summed E-state index contributed by atoms with van der Waals surface area (Å²) in [7, 11) is 1.46. The van der Waals surface area contributed by atoms with Gasteiger partial charge in [-0.1, -0.05) is 39.2 Å². The second-order valence-corrected chi connectivity index (χ2v) is 8.43. The van der Waals surface area contributed by atoms with Crippen LogP contribution >= 0.6 is 0 Å². The number of unbranched alkanes of at least 4 members (excludes halogenated alkanes) is 3. The third-order valence-corrected chi connectivity index (χ3v) is 5.15. The highest BCUT2D eigenvalue weighted by Crippen LogP contribution is 2.29. The van der Waals surface area contributed by atoms with E-state index in [1.165, 1.54) is 19.2 Å². The smallest absolute Gasteiger partial charge is 0.262 e. The fourth-order valence-electron chi connectivity index (χ4n) is 3.45.